The number of hydrogen-bond acceptors (Lipinski definition) is 5. The molecule has 0 bridgehead atoms. The molecule has 0 amide bonds. The molecule has 0 atom stereocenters. The Morgan fingerprint density at radius 1 is 1.21 bits per heavy atom. The van der Waals surface area contributed by atoms with Crippen molar-refractivity contribution in [2.75, 3.05) is 12.3 Å². The molecular weight excluding hydrogens is 240 g/mol. The summed E-state index contributed by atoms with van der Waals surface area (Å²) in [6.07, 6.45) is 6.81. The lowest BCUT2D eigenvalue weighted by atomic mass is 10.1. The van der Waals surface area contributed by atoms with Gasteiger partial charge in [0.1, 0.15) is 11.8 Å². The first kappa shape index (κ1) is 12.8. The highest BCUT2D eigenvalue weighted by atomic mass is 16.5. The third-order valence-corrected chi connectivity index (χ3v) is 2.67. The van der Waals surface area contributed by atoms with Crippen LogP contribution in [-0.2, 0) is 6.42 Å². The Kier molecular flexibility index (Phi) is 4.29. The number of hydrogen-bond donors (Lipinski definition) is 1. The van der Waals surface area contributed by atoms with Gasteiger partial charge in [0.05, 0.1) is 12.2 Å². The second-order valence-electron chi connectivity index (χ2n) is 4.00. The van der Waals surface area contributed by atoms with Crippen molar-refractivity contribution < 1.29 is 4.74 Å². The summed E-state index contributed by atoms with van der Waals surface area (Å²) >= 11 is 0. The number of aromatic nitrogens is 2. The molecule has 0 aliphatic carbocycles. The minimum absolute atomic E-state index is 0.300. The molecule has 2 heterocycles. The molecule has 2 aromatic heterocycles. The third-order valence-electron chi connectivity index (χ3n) is 2.67. The van der Waals surface area contributed by atoms with Crippen LogP contribution in [0.2, 0.25) is 0 Å². The van der Waals surface area contributed by atoms with Gasteiger partial charge < -0.3 is 10.5 Å². The Morgan fingerprint density at radius 2 is 2.00 bits per heavy atom. The van der Waals surface area contributed by atoms with Crippen LogP contribution in [0.3, 0.4) is 0 Å². The molecule has 0 unspecified atom stereocenters. The highest BCUT2D eigenvalue weighted by Gasteiger charge is 2.06. The molecule has 0 spiro atoms. The van der Waals surface area contributed by atoms with Gasteiger partial charge in [0.2, 0.25) is 5.88 Å². The monoisotopic (exact) mass is 254 g/mol. The maximum atomic E-state index is 8.84. The average molecular weight is 254 g/mol. The first-order chi connectivity index (χ1) is 9.31. The van der Waals surface area contributed by atoms with Crippen LogP contribution in [0, 0.1) is 11.3 Å². The minimum Gasteiger partial charge on any atom is -0.476 e. The molecule has 96 valence electrons. The topological polar surface area (TPSA) is 84.8 Å². The first-order valence-corrected chi connectivity index (χ1v) is 5.97. The van der Waals surface area contributed by atoms with Crippen LogP contribution in [0.5, 0.6) is 5.88 Å². The number of aryl methyl sites for hydroxylation is 1. The molecule has 0 radical (unpaired) electrons. The Balaban J connectivity index is 1.85. The maximum Gasteiger partial charge on any atom is 0.238 e. The van der Waals surface area contributed by atoms with E-state index in [4.69, 9.17) is 15.7 Å². The van der Waals surface area contributed by atoms with Crippen molar-refractivity contribution in [3.05, 3.63) is 47.9 Å². The Morgan fingerprint density at radius 3 is 2.74 bits per heavy atom. The van der Waals surface area contributed by atoms with Gasteiger partial charge in [0, 0.05) is 18.6 Å². The molecule has 2 aromatic rings. The number of nitrogen functional groups attached to an aromatic ring is 1. The largest absolute Gasteiger partial charge is 0.476 e. The molecule has 5 heteroatoms. The normalized spacial score (nSPS) is 9.84. The zero-order chi connectivity index (χ0) is 13.5. The zero-order valence-corrected chi connectivity index (χ0v) is 10.4. The fourth-order valence-electron chi connectivity index (χ4n) is 1.66. The van der Waals surface area contributed by atoms with E-state index in [1.54, 1.807) is 18.5 Å². The van der Waals surface area contributed by atoms with E-state index < -0.39 is 0 Å². The van der Waals surface area contributed by atoms with Gasteiger partial charge in [0.25, 0.3) is 0 Å². The highest BCUT2D eigenvalue weighted by Crippen LogP contribution is 2.21. The molecule has 0 aromatic carbocycles. The van der Waals surface area contributed by atoms with E-state index >= 15 is 0 Å². The van der Waals surface area contributed by atoms with Gasteiger partial charge in [-0.15, -0.1) is 0 Å². The van der Waals surface area contributed by atoms with Crippen LogP contribution in [0.1, 0.15) is 17.5 Å². The van der Waals surface area contributed by atoms with E-state index in [1.165, 1.54) is 11.8 Å². The van der Waals surface area contributed by atoms with E-state index in [0.717, 1.165) is 12.8 Å². The van der Waals surface area contributed by atoms with Crippen LogP contribution in [-0.4, -0.2) is 16.6 Å². The number of ether oxygens (including phenoxy) is 1. The molecule has 0 fully saturated rings. The Hall–Kier alpha value is -2.61. The summed E-state index contributed by atoms with van der Waals surface area (Å²) < 4.78 is 5.50. The fraction of sp³-hybridized carbons (Fsp3) is 0.214. The SMILES string of the molecule is N#Cc1ccnc(OCCCc2ccncc2)c1N. The second kappa shape index (κ2) is 6.36. The summed E-state index contributed by atoms with van der Waals surface area (Å²) in [5.41, 5.74) is 7.67. The van der Waals surface area contributed by atoms with Gasteiger partial charge in [-0.2, -0.15) is 5.26 Å². The Labute approximate surface area is 111 Å². The number of pyridine rings is 2. The van der Waals surface area contributed by atoms with Crippen LogP contribution in [0.15, 0.2) is 36.8 Å². The van der Waals surface area contributed by atoms with E-state index in [0.29, 0.717) is 23.7 Å². The lowest BCUT2D eigenvalue weighted by Crippen LogP contribution is -2.04. The number of nitrogens with zero attached hydrogens (tertiary/aromatic N) is 3. The third kappa shape index (κ3) is 3.42. The van der Waals surface area contributed by atoms with Gasteiger partial charge in [-0.25, -0.2) is 4.98 Å². The highest BCUT2D eigenvalue weighted by molar-refractivity contribution is 5.59. The molecular formula is C14H14N4O. The van der Waals surface area contributed by atoms with Crippen LogP contribution >= 0.6 is 0 Å². The first-order valence-electron chi connectivity index (χ1n) is 5.97. The van der Waals surface area contributed by atoms with Gasteiger partial charge in [0.15, 0.2) is 0 Å². The minimum atomic E-state index is 0.300. The number of nitrogens with two attached hydrogens (primary N) is 1. The predicted octanol–water partition coefficient (Wildman–Crippen LogP) is 1.94. The average Bonchev–Trinajstić information content (AvgIpc) is 2.46. The van der Waals surface area contributed by atoms with Crippen molar-refractivity contribution in [2.45, 2.75) is 12.8 Å². The van der Waals surface area contributed by atoms with Crippen molar-refractivity contribution >= 4 is 5.69 Å². The summed E-state index contributed by atoms with van der Waals surface area (Å²) in [4.78, 5) is 7.99. The summed E-state index contributed by atoms with van der Waals surface area (Å²) in [6, 6.07) is 7.52. The van der Waals surface area contributed by atoms with Gasteiger partial charge in [-0.05, 0) is 36.6 Å². The molecule has 19 heavy (non-hydrogen) atoms. The van der Waals surface area contributed by atoms with Crippen molar-refractivity contribution in [3.63, 3.8) is 0 Å². The lowest BCUT2D eigenvalue weighted by molar-refractivity contribution is 0.301. The van der Waals surface area contributed by atoms with Gasteiger partial charge in [-0.1, -0.05) is 0 Å². The van der Waals surface area contributed by atoms with E-state index in [1.807, 2.05) is 18.2 Å². The fourth-order valence-corrected chi connectivity index (χ4v) is 1.66. The number of nitriles is 1. The van der Waals surface area contributed by atoms with Crippen LogP contribution in [0.25, 0.3) is 0 Å². The molecule has 0 aliphatic rings. The van der Waals surface area contributed by atoms with Crippen LogP contribution in [0.4, 0.5) is 5.69 Å². The smallest absolute Gasteiger partial charge is 0.238 e. The molecule has 0 aliphatic heterocycles. The number of anilines is 1. The van der Waals surface area contributed by atoms with Gasteiger partial charge >= 0.3 is 0 Å². The second-order valence-corrected chi connectivity index (χ2v) is 4.00. The van der Waals surface area contributed by atoms with Gasteiger partial charge in [-0.3, -0.25) is 4.98 Å². The predicted molar refractivity (Wildman–Crippen MR) is 71.4 cm³/mol. The summed E-state index contributed by atoms with van der Waals surface area (Å²) in [5.74, 6) is 0.328. The van der Waals surface area contributed by atoms with Crippen molar-refractivity contribution in [2.24, 2.45) is 0 Å². The molecule has 0 saturated carbocycles. The van der Waals surface area contributed by atoms with Crippen molar-refractivity contribution in [1.29, 1.82) is 5.26 Å². The lowest BCUT2D eigenvalue weighted by Gasteiger charge is -2.08. The molecule has 2 N–H and O–H groups in total. The van der Waals surface area contributed by atoms with E-state index in [9.17, 15) is 0 Å². The van der Waals surface area contributed by atoms with E-state index in [2.05, 4.69) is 9.97 Å². The van der Waals surface area contributed by atoms with Crippen molar-refractivity contribution in [1.82, 2.24) is 9.97 Å². The molecule has 5 nitrogen and oxygen atoms in total. The zero-order valence-electron chi connectivity index (χ0n) is 10.4. The quantitative estimate of drug-likeness (QED) is 0.824. The molecule has 2 rings (SSSR count). The molecule has 0 saturated heterocycles. The van der Waals surface area contributed by atoms with Crippen LogP contribution < -0.4 is 10.5 Å². The van der Waals surface area contributed by atoms with Crippen molar-refractivity contribution in [3.8, 4) is 11.9 Å². The summed E-state index contributed by atoms with van der Waals surface area (Å²) in [6.45, 7) is 0.508. The Bertz CT molecular complexity index is 578. The summed E-state index contributed by atoms with van der Waals surface area (Å²) in [7, 11) is 0. The standard InChI is InChI=1S/C14H14N4O/c15-10-12-5-8-18-14(13(12)16)19-9-1-2-11-3-6-17-7-4-11/h3-8H,1-2,9,16H2. The summed E-state index contributed by atoms with van der Waals surface area (Å²) in [5, 5.41) is 8.84. The number of rotatable bonds is 5. The maximum absolute atomic E-state index is 8.84. The van der Waals surface area contributed by atoms with E-state index in [-0.39, 0.29) is 0 Å².